The van der Waals surface area contributed by atoms with Crippen LogP contribution in [-0.4, -0.2) is 14.8 Å². The second-order valence-corrected chi connectivity index (χ2v) is 4.37. The maximum atomic E-state index is 12.9. The molecule has 3 nitrogen and oxygen atoms in total. The van der Waals surface area contributed by atoms with Crippen molar-refractivity contribution in [2.24, 2.45) is 0 Å². The van der Waals surface area contributed by atoms with Crippen molar-refractivity contribution in [3.63, 3.8) is 0 Å². The summed E-state index contributed by atoms with van der Waals surface area (Å²) in [7, 11) is 0. The van der Waals surface area contributed by atoms with Crippen LogP contribution in [0.1, 0.15) is 5.69 Å². The first-order valence-electron chi connectivity index (χ1n) is 5.42. The van der Waals surface area contributed by atoms with Crippen LogP contribution in [0.4, 0.5) is 4.39 Å². The van der Waals surface area contributed by atoms with Crippen LogP contribution in [0.25, 0.3) is 16.7 Å². The summed E-state index contributed by atoms with van der Waals surface area (Å²) in [6.45, 7) is 1.87. The molecule has 0 aliphatic carbocycles. The van der Waals surface area contributed by atoms with Crippen LogP contribution in [0.3, 0.4) is 0 Å². The van der Waals surface area contributed by atoms with Crippen molar-refractivity contribution in [2.75, 3.05) is 0 Å². The third kappa shape index (κ3) is 1.66. The van der Waals surface area contributed by atoms with Crippen molar-refractivity contribution in [1.29, 1.82) is 0 Å². The van der Waals surface area contributed by atoms with Gasteiger partial charge in [0.2, 0.25) is 0 Å². The van der Waals surface area contributed by atoms with Gasteiger partial charge in [0.1, 0.15) is 5.82 Å². The summed E-state index contributed by atoms with van der Waals surface area (Å²) in [4.78, 5) is 4.28. The Balaban J connectivity index is 2.30. The number of nitrogens with zero attached hydrogens (tertiary/aromatic N) is 3. The highest BCUT2D eigenvalue weighted by atomic mass is 35.5. The summed E-state index contributed by atoms with van der Waals surface area (Å²) in [6, 6.07) is 7.83. The van der Waals surface area contributed by atoms with Gasteiger partial charge in [-0.1, -0.05) is 11.6 Å². The molecule has 0 atom stereocenters. The zero-order chi connectivity index (χ0) is 12.7. The van der Waals surface area contributed by atoms with E-state index in [9.17, 15) is 4.39 Å². The molecule has 3 aromatic rings. The van der Waals surface area contributed by atoms with Crippen molar-refractivity contribution < 1.29 is 4.39 Å². The second-order valence-electron chi connectivity index (χ2n) is 3.97. The molecular weight excluding hydrogens is 253 g/mol. The SMILES string of the molecule is Cc1nn(-c2ccc(F)cc2)c2nccc(Cl)c12. The van der Waals surface area contributed by atoms with Gasteiger partial charge in [-0.15, -0.1) is 0 Å². The lowest BCUT2D eigenvalue weighted by Crippen LogP contribution is -1.97. The van der Waals surface area contributed by atoms with E-state index in [2.05, 4.69) is 10.1 Å². The molecule has 0 amide bonds. The van der Waals surface area contributed by atoms with Crippen LogP contribution in [-0.2, 0) is 0 Å². The van der Waals surface area contributed by atoms with E-state index < -0.39 is 0 Å². The van der Waals surface area contributed by atoms with Gasteiger partial charge in [0.25, 0.3) is 0 Å². The third-order valence-corrected chi connectivity index (χ3v) is 3.08. The van der Waals surface area contributed by atoms with Crippen molar-refractivity contribution in [3.8, 4) is 5.69 Å². The van der Waals surface area contributed by atoms with Gasteiger partial charge in [-0.25, -0.2) is 14.1 Å². The molecule has 1 aromatic carbocycles. The van der Waals surface area contributed by atoms with E-state index in [0.29, 0.717) is 10.7 Å². The van der Waals surface area contributed by atoms with E-state index in [1.807, 2.05) is 6.92 Å². The Hall–Kier alpha value is -1.94. The van der Waals surface area contributed by atoms with Crippen LogP contribution < -0.4 is 0 Å². The first-order valence-corrected chi connectivity index (χ1v) is 5.80. The highest BCUT2D eigenvalue weighted by Gasteiger charge is 2.12. The summed E-state index contributed by atoms with van der Waals surface area (Å²) in [5.74, 6) is -0.280. The van der Waals surface area contributed by atoms with Crippen LogP contribution in [0, 0.1) is 12.7 Å². The Morgan fingerprint density at radius 3 is 2.61 bits per heavy atom. The van der Waals surface area contributed by atoms with E-state index in [-0.39, 0.29) is 5.82 Å². The van der Waals surface area contributed by atoms with Gasteiger partial charge in [0.05, 0.1) is 21.8 Å². The number of benzene rings is 1. The van der Waals surface area contributed by atoms with Crippen molar-refractivity contribution in [2.45, 2.75) is 6.92 Å². The average molecular weight is 262 g/mol. The van der Waals surface area contributed by atoms with Gasteiger partial charge in [0, 0.05) is 6.20 Å². The average Bonchev–Trinajstić information content (AvgIpc) is 2.69. The molecule has 0 aliphatic rings. The Kier molecular flexibility index (Phi) is 2.52. The molecule has 3 rings (SSSR count). The normalized spacial score (nSPS) is 11.1. The summed E-state index contributed by atoms with van der Waals surface area (Å²) in [6.07, 6.45) is 1.63. The molecule has 2 heterocycles. The minimum absolute atomic E-state index is 0.280. The topological polar surface area (TPSA) is 30.7 Å². The summed E-state index contributed by atoms with van der Waals surface area (Å²) in [5, 5.41) is 5.84. The van der Waals surface area contributed by atoms with Crippen molar-refractivity contribution in [1.82, 2.24) is 14.8 Å². The molecule has 2 aromatic heterocycles. The number of rotatable bonds is 1. The van der Waals surface area contributed by atoms with Gasteiger partial charge >= 0.3 is 0 Å². The fourth-order valence-electron chi connectivity index (χ4n) is 1.93. The lowest BCUT2D eigenvalue weighted by Gasteiger charge is -2.02. The lowest BCUT2D eigenvalue weighted by atomic mass is 10.3. The Morgan fingerprint density at radius 1 is 1.17 bits per heavy atom. The number of hydrogen-bond acceptors (Lipinski definition) is 2. The smallest absolute Gasteiger partial charge is 0.164 e. The van der Waals surface area contributed by atoms with Crippen molar-refractivity contribution in [3.05, 3.63) is 53.1 Å². The largest absolute Gasteiger partial charge is 0.236 e. The summed E-state index contributed by atoms with van der Waals surface area (Å²) in [5.41, 5.74) is 2.23. The highest BCUT2D eigenvalue weighted by Crippen LogP contribution is 2.26. The first-order chi connectivity index (χ1) is 8.66. The Morgan fingerprint density at radius 2 is 1.89 bits per heavy atom. The fraction of sp³-hybridized carbons (Fsp3) is 0.0769. The Labute approximate surface area is 108 Å². The molecule has 0 fully saturated rings. The number of halogens is 2. The monoisotopic (exact) mass is 261 g/mol. The van der Waals surface area contributed by atoms with Gasteiger partial charge < -0.3 is 0 Å². The number of fused-ring (bicyclic) bond motifs is 1. The second kappa shape index (κ2) is 4.07. The molecule has 0 radical (unpaired) electrons. The molecule has 0 N–H and O–H groups in total. The maximum Gasteiger partial charge on any atom is 0.164 e. The number of hydrogen-bond donors (Lipinski definition) is 0. The fourth-order valence-corrected chi connectivity index (χ4v) is 2.21. The van der Waals surface area contributed by atoms with E-state index in [1.165, 1.54) is 12.1 Å². The molecule has 18 heavy (non-hydrogen) atoms. The number of aryl methyl sites for hydroxylation is 1. The van der Waals surface area contributed by atoms with Crippen LogP contribution in [0.2, 0.25) is 5.02 Å². The van der Waals surface area contributed by atoms with Gasteiger partial charge in [-0.05, 0) is 37.3 Å². The number of aromatic nitrogens is 3. The van der Waals surface area contributed by atoms with Crippen molar-refractivity contribution >= 4 is 22.6 Å². The quantitative estimate of drug-likeness (QED) is 0.671. The van der Waals surface area contributed by atoms with Gasteiger partial charge in [0.15, 0.2) is 5.65 Å². The molecule has 0 unspecified atom stereocenters. The maximum absolute atomic E-state index is 12.9. The standard InChI is InChI=1S/C13H9ClFN3/c1-8-12-11(14)6-7-16-13(12)18(17-8)10-4-2-9(15)3-5-10/h2-7H,1H3. The van der Waals surface area contributed by atoms with E-state index in [4.69, 9.17) is 11.6 Å². The summed E-state index contributed by atoms with van der Waals surface area (Å²) < 4.78 is 14.6. The van der Waals surface area contributed by atoms with Gasteiger partial charge in [-0.3, -0.25) is 0 Å². The minimum Gasteiger partial charge on any atom is -0.236 e. The molecule has 5 heteroatoms. The molecule has 0 spiro atoms. The first kappa shape index (κ1) is 11.2. The number of pyridine rings is 1. The molecule has 0 saturated carbocycles. The zero-order valence-electron chi connectivity index (χ0n) is 9.56. The van der Waals surface area contributed by atoms with Crippen LogP contribution in [0.5, 0.6) is 0 Å². The highest BCUT2D eigenvalue weighted by molar-refractivity contribution is 6.35. The molecule has 0 bridgehead atoms. The molecular formula is C13H9ClFN3. The Bertz CT molecular complexity index is 719. The van der Waals surface area contributed by atoms with E-state index >= 15 is 0 Å². The third-order valence-electron chi connectivity index (χ3n) is 2.76. The minimum atomic E-state index is -0.280. The molecule has 0 aliphatic heterocycles. The van der Waals surface area contributed by atoms with E-state index in [0.717, 1.165) is 16.8 Å². The van der Waals surface area contributed by atoms with Gasteiger partial charge in [-0.2, -0.15) is 5.10 Å². The van der Waals surface area contributed by atoms with E-state index in [1.54, 1.807) is 29.1 Å². The molecule has 0 saturated heterocycles. The lowest BCUT2D eigenvalue weighted by molar-refractivity contribution is 0.627. The zero-order valence-corrected chi connectivity index (χ0v) is 10.3. The molecule has 90 valence electrons. The van der Waals surface area contributed by atoms with Crippen LogP contribution >= 0.6 is 11.6 Å². The van der Waals surface area contributed by atoms with Crippen LogP contribution in [0.15, 0.2) is 36.5 Å². The summed E-state index contributed by atoms with van der Waals surface area (Å²) >= 11 is 6.14. The predicted octanol–water partition coefficient (Wildman–Crippen LogP) is 3.52. The predicted molar refractivity (Wildman–Crippen MR) is 68.6 cm³/mol.